The molecule has 1 saturated heterocycles. The maximum Gasteiger partial charge on any atom is 0.244 e. The van der Waals surface area contributed by atoms with Gasteiger partial charge in [-0.25, -0.2) is 0 Å². The molecule has 5 heteroatoms. The zero-order valence-electron chi connectivity index (χ0n) is 11.0. The molecule has 5 nitrogen and oxygen atoms in total. The van der Waals surface area contributed by atoms with Crippen LogP contribution in [-0.2, 0) is 9.59 Å². The molecular weight excluding hydrogens is 218 g/mol. The first-order valence-corrected chi connectivity index (χ1v) is 6.40. The number of carbonyl (C=O) groups is 2. The summed E-state index contributed by atoms with van der Waals surface area (Å²) in [6.45, 7) is 8.32. The van der Waals surface area contributed by atoms with Crippen molar-refractivity contribution >= 4 is 11.8 Å². The summed E-state index contributed by atoms with van der Waals surface area (Å²) in [5.41, 5.74) is 0. The van der Waals surface area contributed by atoms with Crippen molar-refractivity contribution in [1.82, 2.24) is 15.5 Å². The average molecular weight is 241 g/mol. The van der Waals surface area contributed by atoms with E-state index in [0.717, 1.165) is 13.0 Å². The molecule has 1 fully saturated rings. The van der Waals surface area contributed by atoms with E-state index in [0.29, 0.717) is 19.6 Å². The van der Waals surface area contributed by atoms with Crippen LogP contribution in [0.4, 0.5) is 0 Å². The highest BCUT2D eigenvalue weighted by Crippen LogP contribution is 2.12. The third-order valence-corrected chi connectivity index (χ3v) is 3.21. The van der Waals surface area contributed by atoms with Crippen molar-refractivity contribution < 1.29 is 9.59 Å². The number of carbonyl (C=O) groups excluding carboxylic acids is 2. The summed E-state index contributed by atoms with van der Waals surface area (Å²) in [5, 5.41) is 5.95. The predicted octanol–water partition coefficient (Wildman–Crippen LogP) is -0.0310. The van der Waals surface area contributed by atoms with Crippen molar-refractivity contribution in [2.24, 2.45) is 5.92 Å². The molecule has 17 heavy (non-hydrogen) atoms. The van der Waals surface area contributed by atoms with Gasteiger partial charge in [-0.1, -0.05) is 13.8 Å². The maximum atomic E-state index is 12.2. The molecule has 1 aliphatic rings. The number of nitrogens with zero attached hydrogens (tertiary/aromatic N) is 1. The van der Waals surface area contributed by atoms with Gasteiger partial charge < -0.3 is 15.5 Å². The molecule has 0 aromatic rings. The Balaban J connectivity index is 2.71. The van der Waals surface area contributed by atoms with Crippen LogP contribution < -0.4 is 10.6 Å². The summed E-state index contributed by atoms with van der Waals surface area (Å²) in [4.78, 5) is 25.8. The van der Waals surface area contributed by atoms with E-state index in [9.17, 15) is 9.59 Å². The van der Waals surface area contributed by atoms with Crippen LogP contribution in [0.2, 0.25) is 0 Å². The van der Waals surface area contributed by atoms with Crippen LogP contribution in [0.1, 0.15) is 27.2 Å². The Hall–Kier alpha value is -1.10. The quantitative estimate of drug-likeness (QED) is 0.726. The average Bonchev–Trinajstić information content (AvgIpc) is 2.37. The normalized spacial score (nSPS) is 22.1. The van der Waals surface area contributed by atoms with Crippen molar-refractivity contribution in [3.05, 3.63) is 0 Å². The second kappa shape index (κ2) is 6.59. The zero-order chi connectivity index (χ0) is 12.8. The van der Waals surface area contributed by atoms with Crippen LogP contribution in [0.5, 0.6) is 0 Å². The van der Waals surface area contributed by atoms with Crippen LogP contribution in [0.3, 0.4) is 0 Å². The Bertz CT molecular complexity index is 281. The van der Waals surface area contributed by atoms with Gasteiger partial charge in [0.05, 0.1) is 0 Å². The Labute approximate surface area is 103 Å². The van der Waals surface area contributed by atoms with Gasteiger partial charge in [-0.2, -0.15) is 0 Å². The fourth-order valence-electron chi connectivity index (χ4n) is 1.95. The molecule has 2 amide bonds. The molecule has 2 atom stereocenters. The largest absolute Gasteiger partial charge is 0.355 e. The summed E-state index contributed by atoms with van der Waals surface area (Å²) >= 11 is 0. The highest BCUT2D eigenvalue weighted by molar-refractivity contribution is 5.88. The van der Waals surface area contributed by atoms with E-state index in [-0.39, 0.29) is 23.8 Å². The summed E-state index contributed by atoms with van der Waals surface area (Å²) in [6.07, 6.45) is 0.810. The van der Waals surface area contributed by atoms with E-state index in [1.54, 1.807) is 4.90 Å². The van der Waals surface area contributed by atoms with Crippen LogP contribution in [0.15, 0.2) is 0 Å². The third-order valence-electron chi connectivity index (χ3n) is 3.21. The third kappa shape index (κ3) is 3.43. The molecule has 1 aliphatic heterocycles. The molecule has 0 radical (unpaired) electrons. The van der Waals surface area contributed by atoms with Crippen molar-refractivity contribution in [1.29, 1.82) is 0 Å². The van der Waals surface area contributed by atoms with Crippen LogP contribution >= 0.6 is 0 Å². The molecule has 1 rings (SSSR count). The Morgan fingerprint density at radius 3 is 2.76 bits per heavy atom. The summed E-state index contributed by atoms with van der Waals surface area (Å²) in [7, 11) is 0. The molecular formula is C12H23N3O2. The molecule has 0 saturated carbocycles. The second-order valence-electron chi connectivity index (χ2n) is 4.46. The number of piperazine rings is 1. The van der Waals surface area contributed by atoms with Gasteiger partial charge in [0.2, 0.25) is 11.8 Å². The minimum Gasteiger partial charge on any atom is -0.355 e. The Morgan fingerprint density at radius 1 is 1.47 bits per heavy atom. The molecule has 0 bridgehead atoms. The molecule has 1 heterocycles. The van der Waals surface area contributed by atoms with Crippen molar-refractivity contribution in [2.45, 2.75) is 33.2 Å². The monoisotopic (exact) mass is 241 g/mol. The standard InChI is InChI=1S/C12H23N3O2/c1-4-9(3)12(17)15-7-6-13-8-10(15)11(16)14-5-2/h9-10,13H,4-8H2,1-3H3,(H,14,16). The van der Waals surface area contributed by atoms with Crippen molar-refractivity contribution in [2.75, 3.05) is 26.2 Å². The fraction of sp³-hybridized carbons (Fsp3) is 0.833. The number of hydrogen-bond donors (Lipinski definition) is 2. The van der Waals surface area contributed by atoms with Crippen LogP contribution in [-0.4, -0.2) is 48.9 Å². The molecule has 98 valence electrons. The molecule has 2 unspecified atom stereocenters. The van der Waals surface area contributed by atoms with Gasteiger partial charge in [0.25, 0.3) is 0 Å². The summed E-state index contributed by atoms with van der Waals surface area (Å²) < 4.78 is 0. The summed E-state index contributed by atoms with van der Waals surface area (Å²) in [6, 6.07) is -0.356. The topological polar surface area (TPSA) is 61.4 Å². The molecule has 0 aliphatic carbocycles. The van der Waals surface area contributed by atoms with Crippen molar-refractivity contribution in [3.63, 3.8) is 0 Å². The lowest BCUT2D eigenvalue weighted by Gasteiger charge is -2.36. The highest BCUT2D eigenvalue weighted by Gasteiger charge is 2.33. The smallest absolute Gasteiger partial charge is 0.244 e. The lowest BCUT2D eigenvalue weighted by atomic mass is 10.0. The van der Waals surface area contributed by atoms with E-state index < -0.39 is 0 Å². The van der Waals surface area contributed by atoms with E-state index in [4.69, 9.17) is 0 Å². The number of hydrogen-bond acceptors (Lipinski definition) is 3. The molecule has 2 N–H and O–H groups in total. The first-order chi connectivity index (χ1) is 8.11. The van der Waals surface area contributed by atoms with Gasteiger partial charge in [0.1, 0.15) is 6.04 Å². The first kappa shape index (κ1) is 14.0. The minimum atomic E-state index is -0.356. The minimum absolute atomic E-state index is 0.00923. The van der Waals surface area contributed by atoms with E-state index in [2.05, 4.69) is 10.6 Å². The Morgan fingerprint density at radius 2 is 2.18 bits per heavy atom. The highest BCUT2D eigenvalue weighted by atomic mass is 16.2. The fourth-order valence-corrected chi connectivity index (χ4v) is 1.95. The predicted molar refractivity (Wildman–Crippen MR) is 66.5 cm³/mol. The van der Waals surface area contributed by atoms with Gasteiger partial charge in [-0.15, -0.1) is 0 Å². The van der Waals surface area contributed by atoms with Gasteiger partial charge in [-0.3, -0.25) is 9.59 Å². The number of rotatable bonds is 4. The molecule has 0 aromatic heterocycles. The van der Waals surface area contributed by atoms with E-state index in [1.807, 2.05) is 20.8 Å². The molecule has 0 spiro atoms. The number of likely N-dealkylation sites (N-methyl/N-ethyl adjacent to an activating group) is 1. The first-order valence-electron chi connectivity index (χ1n) is 6.40. The lowest BCUT2D eigenvalue weighted by molar-refractivity contribution is -0.144. The summed E-state index contributed by atoms with van der Waals surface area (Å²) in [5.74, 6) is 0.0200. The second-order valence-corrected chi connectivity index (χ2v) is 4.46. The molecule has 0 aromatic carbocycles. The number of amides is 2. The number of nitrogens with one attached hydrogen (secondary N) is 2. The van der Waals surface area contributed by atoms with Gasteiger partial charge in [0.15, 0.2) is 0 Å². The van der Waals surface area contributed by atoms with Crippen LogP contribution in [0, 0.1) is 5.92 Å². The zero-order valence-corrected chi connectivity index (χ0v) is 11.0. The van der Waals surface area contributed by atoms with E-state index in [1.165, 1.54) is 0 Å². The Kier molecular flexibility index (Phi) is 5.41. The van der Waals surface area contributed by atoms with Gasteiger partial charge in [-0.05, 0) is 13.3 Å². The SMILES string of the molecule is CCNC(=O)C1CNCCN1C(=O)C(C)CC. The van der Waals surface area contributed by atoms with Crippen LogP contribution in [0.25, 0.3) is 0 Å². The lowest BCUT2D eigenvalue weighted by Crippen LogP contribution is -2.60. The van der Waals surface area contributed by atoms with Gasteiger partial charge >= 0.3 is 0 Å². The maximum absolute atomic E-state index is 12.2. The van der Waals surface area contributed by atoms with E-state index >= 15 is 0 Å². The van der Waals surface area contributed by atoms with Crippen molar-refractivity contribution in [3.8, 4) is 0 Å². The van der Waals surface area contributed by atoms with Gasteiger partial charge in [0, 0.05) is 32.1 Å².